The fourth-order valence-corrected chi connectivity index (χ4v) is 7.54. The second-order valence-corrected chi connectivity index (χ2v) is 13.2. The summed E-state index contributed by atoms with van der Waals surface area (Å²) >= 11 is 0. The van der Waals surface area contributed by atoms with E-state index in [1.807, 2.05) is 18.2 Å². The molecule has 0 saturated heterocycles. The highest BCUT2D eigenvalue weighted by Gasteiger charge is 2.19. The van der Waals surface area contributed by atoms with Gasteiger partial charge in [-0.1, -0.05) is 121 Å². The number of anilines is 3. The number of rotatable bonds is 7. The van der Waals surface area contributed by atoms with Crippen LogP contribution in [0.25, 0.3) is 66.7 Å². The minimum Gasteiger partial charge on any atom is -0.311 e. The van der Waals surface area contributed by atoms with E-state index in [9.17, 15) is 0 Å². The quantitative estimate of drug-likeness (QED) is 0.168. The number of aromatic nitrogens is 4. The van der Waals surface area contributed by atoms with Crippen LogP contribution in [0.1, 0.15) is 0 Å². The molecule has 53 heavy (non-hydrogen) atoms. The standard InChI is InChI=1S/C48H33N5/c1-3-14-35(15-4-1)47-49-50-48(37-24-23-34-13-7-8-16-36(34)33-37)53(47)42-31-27-40(28-32-42)51(38-17-5-2-6-18-38)39-25-29-41(30-26-39)52-45-21-11-9-19-43(45)44-20-10-12-22-46(44)52/h1-33H. The number of hydrogen-bond acceptors (Lipinski definition) is 3. The second-order valence-electron chi connectivity index (χ2n) is 13.2. The SMILES string of the molecule is c1ccc(-c2nnc(-c3ccc4ccccc4c3)n2-c2ccc(N(c3ccccc3)c3ccc(-n4c5ccccc5c5ccccc54)cc3)cc2)cc1. The Kier molecular flexibility index (Phi) is 7.40. The van der Waals surface area contributed by atoms with E-state index in [1.165, 1.54) is 32.6 Å². The summed E-state index contributed by atoms with van der Waals surface area (Å²) in [6, 6.07) is 70.5. The Bertz CT molecular complexity index is 2820. The van der Waals surface area contributed by atoms with Crippen molar-refractivity contribution in [2.75, 3.05) is 4.90 Å². The largest absolute Gasteiger partial charge is 0.311 e. The van der Waals surface area contributed by atoms with Crippen LogP contribution in [0.5, 0.6) is 0 Å². The van der Waals surface area contributed by atoms with Gasteiger partial charge in [0.2, 0.25) is 0 Å². The van der Waals surface area contributed by atoms with E-state index in [1.54, 1.807) is 0 Å². The van der Waals surface area contributed by atoms with Crippen LogP contribution in [-0.2, 0) is 0 Å². The Hall–Kier alpha value is -7.24. The molecule has 0 spiro atoms. The number of benzene rings is 8. The lowest BCUT2D eigenvalue weighted by Gasteiger charge is -2.26. The first kappa shape index (κ1) is 30.6. The van der Waals surface area contributed by atoms with Gasteiger partial charge in [0, 0.05) is 50.3 Å². The predicted molar refractivity (Wildman–Crippen MR) is 219 cm³/mol. The van der Waals surface area contributed by atoms with Gasteiger partial charge in [-0.05, 0) is 89.6 Å². The summed E-state index contributed by atoms with van der Waals surface area (Å²) in [6.07, 6.45) is 0. The minimum atomic E-state index is 0.794. The van der Waals surface area contributed by atoms with Crippen molar-refractivity contribution in [2.24, 2.45) is 0 Å². The molecule has 250 valence electrons. The summed E-state index contributed by atoms with van der Waals surface area (Å²) in [5.41, 5.74) is 9.71. The third-order valence-electron chi connectivity index (χ3n) is 10.0. The van der Waals surface area contributed by atoms with Gasteiger partial charge in [-0.3, -0.25) is 4.57 Å². The van der Waals surface area contributed by atoms with Crippen LogP contribution < -0.4 is 4.90 Å². The van der Waals surface area contributed by atoms with Crippen molar-refractivity contribution in [2.45, 2.75) is 0 Å². The summed E-state index contributed by atoms with van der Waals surface area (Å²) in [5.74, 6) is 1.59. The Labute approximate surface area is 307 Å². The molecule has 2 heterocycles. The number of para-hydroxylation sites is 3. The molecule has 0 fully saturated rings. The summed E-state index contributed by atoms with van der Waals surface area (Å²) < 4.78 is 4.52. The highest BCUT2D eigenvalue weighted by molar-refractivity contribution is 6.09. The molecule has 0 bridgehead atoms. The van der Waals surface area contributed by atoms with Gasteiger partial charge in [0.15, 0.2) is 11.6 Å². The van der Waals surface area contributed by atoms with Gasteiger partial charge in [-0.2, -0.15) is 0 Å². The van der Waals surface area contributed by atoms with Crippen molar-refractivity contribution >= 4 is 49.6 Å². The second kappa shape index (κ2) is 12.8. The lowest BCUT2D eigenvalue weighted by Crippen LogP contribution is -2.10. The van der Waals surface area contributed by atoms with Crippen molar-refractivity contribution in [3.63, 3.8) is 0 Å². The van der Waals surface area contributed by atoms with Gasteiger partial charge >= 0.3 is 0 Å². The summed E-state index contributed by atoms with van der Waals surface area (Å²) in [6.45, 7) is 0. The molecule has 2 aromatic heterocycles. The smallest absolute Gasteiger partial charge is 0.168 e. The average Bonchev–Trinajstić information content (AvgIpc) is 3.83. The number of nitrogens with zero attached hydrogens (tertiary/aromatic N) is 5. The maximum absolute atomic E-state index is 4.77. The van der Waals surface area contributed by atoms with E-state index in [4.69, 9.17) is 10.2 Å². The molecule has 0 saturated carbocycles. The molecule has 10 aromatic rings. The molecule has 0 aliphatic rings. The zero-order valence-electron chi connectivity index (χ0n) is 28.8. The first-order valence-corrected chi connectivity index (χ1v) is 17.8. The van der Waals surface area contributed by atoms with Crippen molar-refractivity contribution in [3.05, 3.63) is 200 Å². The maximum atomic E-state index is 4.77. The highest BCUT2D eigenvalue weighted by atomic mass is 15.3. The first-order chi connectivity index (χ1) is 26.3. The Morgan fingerprint density at radius 1 is 0.340 bits per heavy atom. The van der Waals surface area contributed by atoms with Crippen LogP contribution >= 0.6 is 0 Å². The number of fused-ring (bicyclic) bond motifs is 4. The molecule has 0 aliphatic carbocycles. The van der Waals surface area contributed by atoms with Crippen molar-refractivity contribution < 1.29 is 0 Å². The maximum Gasteiger partial charge on any atom is 0.168 e. The van der Waals surface area contributed by atoms with Crippen LogP contribution in [0.3, 0.4) is 0 Å². The molecule has 10 rings (SSSR count). The summed E-state index contributed by atoms with van der Waals surface area (Å²) in [7, 11) is 0. The van der Waals surface area contributed by atoms with Gasteiger partial charge in [-0.25, -0.2) is 0 Å². The fourth-order valence-electron chi connectivity index (χ4n) is 7.54. The lowest BCUT2D eigenvalue weighted by molar-refractivity contribution is 1.07. The Balaban J connectivity index is 1.07. The zero-order chi connectivity index (χ0) is 35.1. The monoisotopic (exact) mass is 679 g/mol. The van der Waals surface area contributed by atoms with Crippen LogP contribution in [0.4, 0.5) is 17.1 Å². The molecule has 0 atom stereocenters. The van der Waals surface area contributed by atoms with Gasteiger partial charge in [0.05, 0.1) is 11.0 Å². The van der Waals surface area contributed by atoms with E-state index >= 15 is 0 Å². The average molecular weight is 680 g/mol. The summed E-state index contributed by atoms with van der Waals surface area (Å²) in [4.78, 5) is 2.30. The van der Waals surface area contributed by atoms with E-state index in [-0.39, 0.29) is 0 Å². The summed E-state index contributed by atoms with van der Waals surface area (Å²) in [5, 5.41) is 14.4. The van der Waals surface area contributed by atoms with Gasteiger partial charge in [0.25, 0.3) is 0 Å². The predicted octanol–water partition coefficient (Wildman–Crippen LogP) is 12.3. The molecule has 0 radical (unpaired) electrons. The van der Waals surface area contributed by atoms with Crippen LogP contribution in [-0.4, -0.2) is 19.3 Å². The van der Waals surface area contributed by atoms with Gasteiger partial charge in [0.1, 0.15) is 0 Å². The van der Waals surface area contributed by atoms with E-state index in [2.05, 4.69) is 196 Å². The third kappa shape index (κ3) is 5.34. The lowest BCUT2D eigenvalue weighted by atomic mass is 10.1. The van der Waals surface area contributed by atoms with E-state index in [0.717, 1.165) is 51.2 Å². The highest BCUT2D eigenvalue weighted by Crippen LogP contribution is 2.38. The third-order valence-corrected chi connectivity index (χ3v) is 10.0. The molecule has 0 unspecified atom stereocenters. The topological polar surface area (TPSA) is 38.9 Å². The molecule has 8 aromatic carbocycles. The minimum absolute atomic E-state index is 0.794. The van der Waals surface area contributed by atoms with Crippen molar-refractivity contribution in [1.82, 2.24) is 19.3 Å². The van der Waals surface area contributed by atoms with Crippen LogP contribution in [0, 0.1) is 0 Å². The molecule has 5 heteroatoms. The molecule has 0 amide bonds. The number of hydrogen-bond donors (Lipinski definition) is 0. The van der Waals surface area contributed by atoms with Gasteiger partial charge < -0.3 is 9.47 Å². The van der Waals surface area contributed by atoms with Crippen molar-refractivity contribution in [1.29, 1.82) is 0 Å². The van der Waals surface area contributed by atoms with E-state index in [0.29, 0.717) is 0 Å². The van der Waals surface area contributed by atoms with Crippen molar-refractivity contribution in [3.8, 4) is 34.2 Å². The van der Waals surface area contributed by atoms with Gasteiger partial charge in [-0.15, -0.1) is 10.2 Å². The Morgan fingerprint density at radius 3 is 1.43 bits per heavy atom. The Morgan fingerprint density at radius 2 is 0.811 bits per heavy atom. The van der Waals surface area contributed by atoms with Crippen LogP contribution in [0.2, 0.25) is 0 Å². The fraction of sp³-hybridized carbons (Fsp3) is 0. The first-order valence-electron chi connectivity index (χ1n) is 17.8. The normalized spacial score (nSPS) is 11.4. The molecule has 5 nitrogen and oxygen atoms in total. The van der Waals surface area contributed by atoms with Crippen LogP contribution in [0.15, 0.2) is 200 Å². The molecular formula is C48H33N5. The zero-order valence-corrected chi connectivity index (χ0v) is 28.8. The molecular weight excluding hydrogens is 647 g/mol. The molecule has 0 N–H and O–H groups in total. The van der Waals surface area contributed by atoms with E-state index < -0.39 is 0 Å². The molecule has 0 aliphatic heterocycles.